The first-order valence-electron chi connectivity index (χ1n) is 6.17. The third-order valence-corrected chi connectivity index (χ3v) is 3.10. The van der Waals surface area contributed by atoms with Gasteiger partial charge in [-0.05, 0) is 0 Å². The molecule has 0 unspecified atom stereocenters. The van der Waals surface area contributed by atoms with Crippen molar-refractivity contribution >= 4 is 0 Å². The summed E-state index contributed by atoms with van der Waals surface area (Å²) < 4.78 is 144. The maximum absolute atomic E-state index is 13.3. The fourth-order valence-electron chi connectivity index (χ4n) is 1.61. The van der Waals surface area contributed by atoms with E-state index in [4.69, 9.17) is 4.74 Å². The van der Waals surface area contributed by atoms with Gasteiger partial charge in [0.1, 0.15) is 0 Å². The molecule has 2 nitrogen and oxygen atoms in total. The van der Waals surface area contributed by atoms with Crippen molar-refractivity contribution in [3.8, 4) is 0 Å². The summed E-state index contributed by atoms with van der Waals surface area (Å²) in [5.41, 5.74) is 0. The standard InChI is InChI=1S/C11H10F11NO/c12-7(13,1-2-23-3-5-24-6-4-23)8(14,15)9(16,17)10(18,19)11(20,21)22/h1-2H,3-6H2/b2-1+. The topological polar surface area (TPSA) is 12.5 Å². The first-order chi connectivity index (χ1) is 10.6. The molecule has 1 aliphatic heterocycles. The van der Waals surface area contributed by atoms with Gasteiger partial charge in [0.15, 0.2) is 0 Å². The summed E-state index contributed by atoms with van der Waals surface area (Å²) in [6, 6.07) is 0. The second kappa shape index (κ2) is 6.23. The van der Waals surface area contributed by atoms with Crippen LogP contribution in [-0.4, -0.2) is 61.1 Å². The molecule has 0 spiro atoms. The van der Waals surface area contributed by atoms with Gasteiger partial charge in [0.05, 0.1) is 13.2 Å². The van der Waals surface area contributed by atoms with Gasteiger partial charge in [-0.3, -0.25) is 0 Å². The lowest BCUT2D eigenvalue weighted by atomic mass is 9.98. The second-order valence-corrected chi connectivity index (χ2v) is 4.81. The van der Waals surface area contributed by atoms with E-state index >= 15 is 0 Å². The Kier molecular flexibility index (Phi) is 5.39. The van der Waals surface area contributed by atoms with Crippen molar-refractivity contribution in [2.45, 2.75) is 29.9 Å². The molecule has 0 bridgehead atoms. The first kappa shape index (κ1) is 20.8. The Morgan fingerprint density at radius 3 is 1.54 bits per heavy atom. The van der Waals surface area contributed by atoms with Gasteiger partial charge >= 0.3 is 29.9 Å². The smallest absolute Gasteiger partial charge is 0.378 e. The third-order valence-electron chi connectivity index (χ3n) is 3.10. The van der Waals surface area contributed by atoms with E-state index in [-0.39, 0.29) is 32.5 Å². The van der Waals surface area contributed by atoms with E-state index < -0.39 is 35.9 Å². The largest absolute Gasteiger partial charge is 0.460 e. The monoisotopic (exact) mass is 381 g/mol. The number of morpholine rings is 1. The van der Waals surface area contributed by atoms with Crippen molar-refractivity contribution in [1.29, 1.82) is 0 Å². The number of alkyl halides is 11. The highest BCUT2D eigenvalue weighted by atomic mass is 19.4. The van der Waals surface area contributed by atoms with Crippen LogP contribution < -0.4 is 0 Å². The van der Waals surface area contributed by atoms with Crippen LogP contribution in [0.15, 0.2) is 12.3 Å². The molecule has 0 amide bonds. The lowest BCUT2D eigenvalue weighted by molar-refractivity contribution is -0.417. The molecule has 1 aliphatic rings. The average Bonchev–Trinajstić information content (AvgIpc) is 2.44. The predicted molar refractivity (Wildman–Crippen MR) is 57.4 cm³/mol. The minimum atomic E-state index is -7.38. The van der Waals surface area contributed by atoms with Crippen LogP contribution in [0.25, 0.3) is 0 Å². The molecule has 142 valence electrons. The van der Waals surface area contributed by atoms with Crippen LogP contribution in [0, 0.1) is 0 Å². The first-order valence-corrected chi connectivity index (χ1v) is 6.17. The Labute approximate surface area is 127 Å². The van der Waals surface area contributed by atoms with Crippen molar-refractivity contribution in [3.05, 3.63) is 12.3 Å². The third kappa shape index (κ3) is 3.40. The molecule has 24 heavy (non-hydrogen) atoms. The molecule has 0 aromatic heterocycles. The number of nitrogens with zero attached hydrogens (tertiary/aromatic N) is 1. The summed E-state index contributed by atoms with van der Waals surface area (Å²) in [6.45, 7) is -0.191. The maximum Gasteiger partial charge on any atom is 0.460 e. The molecule has 1 heterocycles. The Bertz CT molecular complexity index is 465. The normalized spacial score (nSPS) is 19.2. The van der Waals surface area contributed by atoms with Crippen molar-refractivity contribution in [1.82, 2.24) is 4.90 Å². The summed E-state index contributed by atoms with van der Waals surface area (Å²) in [6.07, 6.45) is -7.76. The van der Waals surface area contributed by atoms with Gasteiger partial charge in [-0.2, -0.15) is 48.3 Å². The SMILES string of the molecule is FC(F)(F)C(F)(F)C(F)(F)C(F)(F)C(F)(F)/C=C/N1CCOCC1. The molecule has 0 N–H and O–H groups in total. The highest BCUT2D eigenvalue weighted by Gasteiger charge is 2.86. The second-order valence-electron chi connectivity index (χ2n) is 4.81. The number of ether oxygens (including phenoxy) is 1. The van der Waals surface area contributed by atoms with Gasteiger partial charge < -0.3 is 9.64 Å². The number of halogens is 11. The molecule has 1 rings (SSSR count). The summed E-state index contributed by atoms with van der Waals surface area (Å²) in [7, 11) is 0. The summed E-state index contributed by atoms with van der Waals surface area (Å²) in [5.74, 6) is -27.7. The minimum Gasteiger partial charge on any atom is -0.378 e. The lowest BCUT2D eigenvalue weighted by Crippen LogP contribution is -2.66. The molecular weight excluding hydrogens is 371 g/mol. The molecule has 13 heteroatoms. The summed E-state index contributed by atoms with van der Waals surface area (Å²) in [5, 5.41) is 0. The van der Waals surface area contributed by atoms with E-state index in [1.807, 2.05) is 0 Å². The van der Waals surface area contributed by atoms with Crippen LogP contribution in [0.5, 0.6) is 0 Å². The molecule has 0 aromatic carbocycles. The zero-order valence-electron chi connectivity index (χ0n) is 11.5. The Balaban J connectivity index is 3.12. The Hall–Kier alpha value is -1.27. The van der Waals surface area contributed by atoms with E-state index in [9.17, 15) is 48.3 Å². The quantitative estimate of drug-likeness (QED) is 0.670. The number of hydrogen-bond donors (Lipinski definition) is 0. The molecule has 0 aromatic rings. The molecular formula is C11H10F11NO. The van der Waals surface area contributed by atoms with E-state index in [1.165, 1.54) is 0 Å². The van der Waals surface area contributed by atoms with Crippen molar-refractivity contribution in [2.24, 2.45) is 0 Å². The van der Waals surface area contributed by atoms with Gasteiger partial charge in [-0.1, -0.05) is 0 Å². The van der Waals surface area contributed by atoms with Gasteiger partial charge in [0, 0.05) is 25.4 Å². The Morgan fingerprint density at radius 2 is 1.12 bits per heavy atom. The van der Waals surface area contributed by atoms with Crippen molar-refractivity contribution < 1.29 is 53.0 Å². The van der Waals surface area contributed by atoms with Gasteiger partial charge in [0.25, 0.3) is 0 Å². The fourth-order valence-corrected chi connectivity index (χ4v) is 1.61. The number of allylic oxidation sites excluding steroid dienone is 1. The van der Waals surface area contributed by atoms with E-state index in [0.717, 1.165) is 4.90 Å². The van der Waals surface area contributed by atoms with Crippen LogP contribution in [0.1, 0.15) is 0 Å². The van der Waals surface area contributed by atoms with Crippen LogP contribution in [-0.2, 0) is 4.74 Å². The minimum absolute atomic E-state index is 0.00535. The maximum atomic E-state index is 13.3. The Morgan fingerprint density at radius 1 is 0.667 bits per heavy atom. The number of hydrogen-bond acceptors (Lipinski definition) is 2. The highest BCUT2D eigenvalue weighted by Crippen LogP contribution is 2.57. The van der Waals surface area contributed by atoms with Gasteiger partial charge in [0.2, 0.25) is 0 Å². The van der Waals surface area contributed by atoms with Gasteiger partial charge in [-0.15, -0.1) is 0 Å². The zero-order chi connectivity index (χ0) is 19.0. The van der Waals surface area contributed by atoms with Crippen LogP contribution in [0.3, 0.4) is 0 Å². The molecule has 1 saturated heterocycles. The predicted octanol–water partition coefficient (Wildman–Crippen LogP) is 3.94. The highest BCUT2D eigenvalue weighted by molar-refractivity contribution is 5.12. The van der Waals surface area contributed by atoms with Crippen molar-refractivity contribution in [3.63, 3.8) is 0 Å². The average molecular weight is 381 g/mol. The van der Waals surface area contributed by atoms with Crippen LogP contribution >= 0.6 is 0 Å². The van der Waals surface area contributed by atoms with Crippen LogP contribution in [0.4, 0.5) is 48.3 Å². The molecule has 0 saturated carbocycles. The number of rotatable bonds is 5. The van der Waals surface area contributed by atoms with E-state index in [2.05, 4.69) is 0 Å². The van der Waals surface area contributed by atoms with E-state index in [1.54, 1.807) is 0 Å². The molecule has 0 atom stereocenters. The van der Waals surface area contributed by atoms with Gasteiger partial charge in [-0.25, -0.2) is 0 Å². The van der Waals surface area contributed by atoms with Crippen molar-refractivity contribution in [2.75, 3.05) is 26.3 Å². The zero-order valence-corrected chi connectivity index (χ0v) is 11.5. The molecule has 1 fully saturated rings. The molecule has 0 radical (unpaired) electrons. The summed E-state index contributed by atoms with van der Waals surface area (Å²) >= 11 is 0. The lowest BCUT2D eigenvalue weighted by Gasteiger charge is -2.36. The van der Waals surface area contributed by atoms with E-state index in [0.29, 0.717) is 0 Å². The summed E-state index contributed by atoms with van der Waals surface area (Å²) in [4.78, 5) is 0.924. The molecule has 0 aliphatic carbocycles. The van der Waals surface area contributed by atoms with Crippen LogP contribution in [0.2, 0.25) is 0 Å². The fraction of sp³-hybridized carbons (Fsp3) is 0.818.